The van der Waals surface area contributed by atoms with E-state index in [-0.39, 0.29) is 16.8 Å². The van der Waals surface area contributed by atoms with E-state index >= 15 is 0 Å². The van der Waals surface area contributed by atoms with Crippen LogP contribution in [-0.2, 0) is 61.9 Å². The number of nitrogens with zero attached hydrogens (tertiary/aromatic N) is 1. The summed E-state index contributed by atoms with van der Waals surface area (Å²) >= 11 is 0. The fourth-order valence-electron chi connectivity index (χ4n) is 9.54. The number of esters is 7. The number of ether oxygens (including phenoxy) is 8. The van der Waals surface area contributed by atoms with Crippen LogP contribution in [0.15, 0.2) is 48.7 Å². The van der Waals surface area contributed by atoms with Crippen LogP contribution in [0.5, 0.6) is 0 Å². The van der Waals surface area contributed by atoms with Gasteiger partial charge < -0.3 is 48.1 Å². The number of hydrogen-bond acceptors (Lipinski definition) is 18. The average molecular weight is 826 g/mol. The molecule has 6 rings (SSSR count). The Hall–Kier alpha value is -5.46. The van der Waals surface area contributed by atoms with Gasteiger partial charge in [-0.3, -0.25) is 29.0 Å². The van der Waals surface area contributed by atoms with E-state index in [9.17, 15) is 43.8 Å². The first-order valence-electron chi connectivity index (χ1n) is 19.0. The summed E-state index contributed by atoms with van der Waals surface area (Å²) in [6.45, 7) is 7.76. The van der Waals surface area contributed by atoms with Gasteiger partial charge in [0.1, 0.15) is 41.5 Å². The molecule has 2 aromatic rings. The van der Waals surface area contributed by atoms with E-state index in [1.807, 2.05) is 0 Å². The van der Waals surface area contributed by atoms with E-state index in [1.54, 1.807) is 13.0 Å². The van der Waals surface area contributed by atoms with Crippen LogP contribution < -0.4 is 0 Å². The van der Waals surface area contributed by atoms with E-state index in [0.29, 0.717) is 0 Å². The molecule has 13 atom stereocenters. The van der Waals surface area contributed by atoms with Gasteiger partial charge in [0.05, 0.1) is 34.8 Å². The highest BCUT2D eigenvalue weighted by Crippen LogP contribution is 2.69. The van der Waals surface area contributed by atoms with Crippen LogP contribution in [0.3, 0.4) is 0 Å². The molecule has 2 saturated carbocycles. The summed E-state index contributed by atoms with van der Waals surface area (Å²) in [5.74, 6) is -10.7. The van der Waals surface area contributed by atoms with Crippen molar-refractivity contribution < 1.29 is 81.7 Å². The molecule has 318 valence electrons. The molecule has 2 aliphatic carbocycles. The zero-order valence-electron chi connectivity index (χ0n) is 33.7. The molecule has 2 N–H and O–H groups in total. The summed E-state index contributed by atoms with van der Waals surface area (Å²) in [5, 5.41) is 26.3. The molecule has 59 heavy (non-hydrogen) atoms. The van der Waals surface area contributed by atoms with Crippen LogP contribution in [0.2, 0.25) is 0 Å². The van der Waals surface area contributed by atoms with Crippen molar-refractivity contribution in [3.05, 3.63) is 65.5 Å². The second kappa shape index (κ2) is 15.6. The van der Waals surface area contributed by atoms with Gasteiger partial charge in [0.25, 0.3) is 0 Å². The molecule has 1 aromatic carbocycles. The molecule has 3 heterocycles. The molecule has 18 heteroatoms. The summed E-state index contributed by atoms with van der Waals surface area (Å²) in [6, 6.07) is 10.3. The summed E-state index contributed by atoms with van der Waals surface area (Å²) in [7, 11) is 0. The van der Waals surface area contributed by atoms with Gasteiger partial charge in [-0.05, 0) is 38.1 Å². The summed E-state index contributed by atoms with van der Waals surface area (Å²) < 4.78 is 48.6. The average Bonchev–Trinajstić information content (AvgIpc) is 3.37. The Labute approximate surface area is 338 Å². The van der Waals surface area contributed by atoms with Crippen LogP contribution in [-0.4, -0.2) is 124 Å². The van der Waals surface area contributed by atoms with E-state index in [0.717, 1.165) is 34.6 Å². The van der Waals surface area contributed by atoms with Crippen molar-refractivity contribution in [1.29, 1.82) is 0 Å². The fourth-order valence-corrected chi connectivity index (χ4v) is 9.54. The van der Waals surface area contributed by atoms with E-state index in [1.165, 1.54) is 56.4 Å². The van der Waals surface area contributed by atoms with Gasteiger partial charge in [-0.1, -0.05) is 32.0 Å². The van der Waals surface area contributed by atoms with Crippen molar-refractivity contribution in [3.63, 3.8) is 0 Å². The van der Waals surface area contributed by atoms with Crippen LogP contribution >= 0.6 is 0 Å². The van der Waals surface area contributed by atoms with Crippen molar-refractivity contribution in [2.24, 2.45) is 17.3 Å². The first kappa shape index (κ1) is 43.1. The minimum Gasteiger partial charge on any atom is -0.465 e. The fraction of sp³-hybridized carbons (Fsp3) is 0.561. The number of carbonyl (C=O) groups is 7. The Morgan fingerprint density at radius 1 is 0.814 bits per heavy atom. The Kier molecular flexibility index (Phi) is 11.4. The van der Waals surface area contributed by atoms with Crippen molar-refractivity contribution in [3.8, 4) is 0 Å². The molecule has 0 unspecified atom stereocenters. The molecule has 1 saturated heterocycles. The maximum absolute atomic E-state index is 14.4. The molecule has 0 radical (unpaired) electrons. The second-order valence-corrected chi connectivity index (χ2v) is 15.9. The number of rotatable bonds is 7. The van der Waals surface area contributed by atoms with Crippen LogP contribution in [0.25, 0.3) is 0 Å². The molecule has 1 spiro atoms. The largest absolute Gasteiger partial charge is 0.465 e. The predicted octanol–water partition coefficient (Wildman–Crippen LogP) is 1.76. The summed E-state index contributed by atoms with van der Waals surface area (Å²) in [5.41, 5.74) is -10.2. The molecule has 0 amide bonds. The Morgan fingerprint density at radius 2 is 1.42 bits per heavy atom. The third kappa shape index (κ3) is 6.89. The van der Waals surface area contributed by atoms with Gasteiger partial charge in [-0.2, -0.15) is 0 Å². The van der Waals surface area contributed by atoms with E-state index in [4.69, 9.17) is 37.9 Å². The number of benzene rings is 1. The van der Waals surface area contributed by atoms with Crippen LogP contribution in [0.1, 0.15) is 87.7 Å². The van der Waals surface area contributed by atoms with Gasteiger partial charge in [0.15, 0.2) is 24.4 Å². The number of hydrogen-bond donors (Lipinski definition) is 2. The number of carbonyl (C=O) groups excluding carboxylic acids is 7. The molecule has 4 aliphatic rings. The lowest BCUT2D eigenvalue weighted by Gasteiger charge is -2.67. The normalized spacial score (nSPS) is 37.4. The van der Waals surface area contributed by atoms with Gasteiger partial charge in [0.2, 0.25) is 0 Å². The van der Waals surface area contributed by atoms with Crippen molar-refractivity contribution in [2.45, 2.75) is 115 Å². The number of aliphatic hydroxyl groups is 2. The lowest BCUT2D eigenvalue weighted by atomic mass is 9.45. The van der Waals surface area contributed by atoms with Crippen molar-refractivity contribution in [2.75, 3.05) is 13.2 Å². The van der Waals surface area contributed by atoms with Gasteiger partial charge in [0, 0.05) is 39.8 Å². The van der Waals surface area contributed by atoms with E-state index < -0.39 is 132 Å². The number of aliphatic hydroxyl groups excluding tert-OH is 1. The predicted molar refractivity (Wildman–Crippen MR) is 196 cm³/mol. The van der Waals surface area contributed by atoms with E-state index in [2.05, 4.69) is 4.98 Å². The SMILES string of the molecule is CC(=O)OC[C@]12[C@H](OC(=O)c3ccccc3)[C@H](OC(C)=O)[C@H]3OC(=O)[C@@H](C)[C@@H](C)c4ncccc4C(=O)OC[C@]4(C)O[C@]1([C@H](O)[C@@H]4[C@@H](OC(C)=O)[C@@H]2OC(C)=O)[C@]3(C)O. The third-order valence-electron chi connectivity index (χ3n) is 12.1. The smallest absolute Gasteiger partial charge is 0.340 e. The Morgan fingerprint density at radius 3 is 2.03 bits per heavy atom. The number of cyclic esters (lactones) is 1. The molecular formula is C41H47NO17. The van der Waals surface area contributed by atoms with Crippen LogP contribution in [0, 0.1) is 17.3 Å². The first-order valence-corrected chi connectivity index (χ1v) is 19.0. The van der Waals surface area contributed by atoms with Crippen LogP contribution in [0.4, 0.5) is 0 Å². The highest BCUT2D eigenvalue weighted by Gasteiger charge is 2.91. The van der Waals surface area contributed by atoms with Gasteiger partial charge in [-0.15, -0.1) is 0 Å². The third-order valence-corrected chi connectivity index (χ3v) is 12.1. The summed E-state index contributed by atoms with van der Waals surface area (Å²) in [4.78, 5) is 99.4. The van der Waals surface area contributed by atoms with Crippen molar-refractivity contribution >= 4 is 41.8 Å². The topological polar surface area (TPSA) is 247 Å². The standard InChI is InChI=1S/C41H47NO17/c1-19-20(2)35(48)57-32-30(55-23(5)45)34(58-36(49)25-13-10-9-11-14-25)40(18-52-21(3)43)33(56-24(6)46)29(54-22(4)44)27-31(47)41(40,39(32,8)51)59-38(27,7)17-53-37(50)26-15-12-16-42-28(19)26/h9-16,19-20,27,29-34,47,51H,17-18H2,1-8H3/t19-,20+,27+,29-,30-,31-,32-,33+,34-,38+,39-,40+,41-/m1/s1. The quantitative estimate of drug-likeness (QED) is 0.298. The highest BCUT2D eigenvalue weighted by atomic mass is 16.7. The van der Waals surface area contributed by atoms with Gasteiger partial charge in [-0.25, -0.2) is 9.59 Å². The number of pyridine rings is 1. The zero-order chi connectivity index (χ0) is 43.4. The number of aromatic nitrogens is 1. The molecule has 18 nitrogen and oxygen atoms in total. The summed E-state index contributed by atoms with van der Waals surface area (Å²) in [6.07, 6.45) is -10.8. The Bertz CT molecular complexity index is 2040. The second-order valence-electron chi connectivity index (χ2n) is 15.9. The first-order chi connectivity index (χ1) is 27.6. The monoisotopic (exact) mass is 825 g/mol. The maximum Gasteiger partial charge on any atom is 0.340 e. The zero-order valence-corrected chi connectivity index (χ0v) is 33.7. The minimum atomic E-state index is -2.82. The molecule has 1 aromatic heterocycles. The molecular weight excluding hydrogens is 778 g/mol. The maximum atomic E-state index is 14.4. The lowest BCUT2D eigenvalue weighted by Crippen LogP contribution is -2.89. The van der Waals surface area contributed by atoms with Crippen molar-refractivity contribution in [1.82, 2.24) is 4.98 Å². The molecule has 4 bridgehead atoms. The highest BCUT2D eigenvalue weighted by molar-refractivity contribution is 5.91. The lowest BCUT2D eigenvalue weighted by molar-refractivity contribution is -0.385. The number of fused-ring (bicyclic) bond motifs is 5. The molecule has 3 fully saturated rings. The van der Waals surface area contributed by atoms with Gasteiger partial charge >= 0.3 is 41.8 Å². The minimum absolute atomic E-state index is 0.0311. The Balaban J connectivity index is 1.75. The molecule has 2 aliphatic heterocycles.